The van der Waals surface area contributed by atoms with E-state index in [0.717, 1.165) is 29.8 Å². The Hall–Kier alpha value is -3.50. The molecule has 4 aromatic carbocycles. The van der Waals surface area contributed by atoms with Crippen LogP contribution in [0.1, 0.15) is 28.4 Å². The first-order valence-electron chi connectivity index (χ1n) is 11.2. The largest absolute Gasteiger partial charge is 0.337 e. The summed E-state index contributed by atoms with van der Waals surface area (Å²) in [7, 11) is 3.95. The van der Waals surface area contributed by atoms with Crippen LogP contribution < -0.4 is 0 Å². The van der Waals surface area contributed by atoms with Gasteiger partial charge in [-0.15, -0.1) is 0 Å². The summed E-state index contributed by atoms with van der Waals surface area (Å²) in [5, 5.41) is 2.37. The van der Waals surface area contributed by atoms with Crippen LogP contribution >= 0.6 is 0 Å². The molecule has 0 bridgehead atoms. The van der Waals surface area contributed by atoms with Gasteiger partial charge < -0.3 is 9.80 Å². The predicted molar refractivity (Wildman–Crippen MR) is 134 cm³/mol. The highest BCUT2D eigenvalue weighted by Crippen LogP contribution is 2.24. The Morgan fingerprint density at radius 2 is 1.48 bits per heavy atom. The molecule has 0 aliphatic rings. The standard InChI is InChI=1S/C29H29FN2O/c1-4-31(2)19-21-8-17-28-25(18-21)6-5-7-26(28)20-32(3)29(33)24-11-9-22(10-12-24)23-13-15-27(30)16-14-23/h5-18H,4,19-20H2,1-3H3. The molecule has 0 N–H and O–H groups in total. The summed E-state index contributed by atoms with van der Waals surface area (Å²) >= 11 is 0. The number of hydrogen-bond donors (Lipinski definition) is 0. The molecule has 4 heteroatoms. The van der Waals surface area contributed by atoms with E-state index in [1.54, 1.807) is 17.0 Å². The van der Waals surface area contributed by atoms with E-state index in [2.05, 4.69) is 55.3 Å². The van der Waals surface area contributed by atoms with E-state index in [9.17, 15) is 9.18 Å². The zero-order valence-corrected chi connectivity index (χ0v) is 19.4. The maximum atomic E-state index is 13.2. The molecule has 1 amide bonds. The predicted octanol–water partition coefficient (Wildman–Crippen LogP) is 6.37. The maximum Gasteiger partial charge on any atom is 0.253 e. The lowest BCUT2D eigenvalue weighted by Crippen LogP contribution is -2.26. The van der Waals surface area contributed by atoms with Gasteiger partial charge in [-0.2, -0.15) is 0 Å². The quantitative estimate of drug-likeness (QED) is 0.333. The van der Waals surface area contributed by atoms with Gasteiger partial charge in [0, 0.05) is 25.7 Å². The highest BCUT2D eigenvalue weighted by Gasteiger charge is 2.14. The van der Waals surface area contributed by atoms with E-state index in [-0.39, 0.29) is 11.7 Å². The second kappa shape index (κ2) is 9.97. The third kappa shape index (κ3) is 5.29. The third-order valence-corrected chi connectivity index (χ3v) is 6.09. The number of hydrogen-bond acceptors (Lipinski definition) is 2. The second-order valence-electron chi connectivity index (χ2n) is 8.55. The van der Waals surface area contributed by atoms with Crippen LogP contribution in [0.25, 0.3) is 21.9 Å². The number of rotatable bonds is 7. The summed E-state index contributed by atoms with van der Waals surface area (Å²) in [5.74, 6) is -0.288. The summed E-state index contributed by atoms with van der Waals surface area (Å²) in [4.78, 5) is 17.1. The SMILES string of the molecule is CCN(C)Cc1ccc2c(CN(C)C(=O)c3ccc(-c4ccc(F)cc4)cc3)cccc2c1. The van der Waals surface area contributed by atoms with Crippen LogP contribution in [0.3, 0.4) is 0 Å². The number of fused-ring (bicyclic) bond motifs is 1. The molecule has 0 unspecified atom stereocenters. The van der Waals surface area contributed by atoms with Crippen molar-refractivity contribution in [1.82, 2.24) is 9.80 Å². The maximum absolute atomic E-state index is 13.2. The van der Waals surface area contributed by atoms with Gasteiger partial charge in [-0.25, -0.2) is 4.39 Å². The molecule has 0 aromatic heterocycles. The molecule has 0 heterocycles. The van der Waals surface area contributed by atoms with E-state index < -0.39 is 0 Å². The fourth-order valence-corrected chi connectivity index (χ4v) is 4.06. The van der Waals surface area contributed by atoms with Gasteiger partial charge in [0.1, 0.15) is 5.82 Å². The second-order valence-corrected chi connectivity index (χ2v) is 8.55. The number of carbonyl (C=O) groups excluding carboxylic acids is 1. The summed E-state index contributed by atoms with van der Waals surface area (Å²) in [6, 6.07) is 26.7. The normalized spacial score (nSPS) is 11.2. The van der Waals surface area contributed by atoms with Crippen LogP contribution in [0.5, 0.6) is 0 Å². The van der Waals surface area contributed by atoms with E-state index in [4.69, 9.17) is 0 Å². The molecule has 168 valence electrons. The fraction of sp³-hybridized carbons (Fsp3) is 0.207. The number of nitrogens with zero attached hydrogens (tertiary/aromatic N) is 2. The first-order chi connectivity index (χ1) is 15.9. The van der Waals surface area contributed by atoms with Gasteiger partial charge in [0.05, 0.1) is 0 Å². The molecule has 4 aromatic rings. The van der Waals surface area contributed by atoms with Crippen molar-refractivity contribution in [3.63, 3.8) is 0 Å². The van der Waals surface area contributed by atoms with Gasteiger partial charge in [-0.3, -0.25) is 4.79 Å². The molecule has 0 radical (unpaired) electrons. The lowest BCUT2D eigenvalue weighted by Gasteiger charge is -2.19. The molecular formula is C29H29FN2O. The highest BCUT2D eigenvalue weighted by molar-refractivity contribution is 5.95. The highest BCUT2D eigenvalue weighted by atomic mass is 19.1. The minimum Gasteiger partial charge on any atom is -0.337 e. The Kier molecular flexibility index (Phi) is 6.85. The van der Waals surface area contributed by atoms with Crippen LogP contribution in [0, 0.1) is 5.82 Å². The monoisotopic (exact) mass is 440 g/mol. The first kappa shape index (κ1) is 22.7. The van der Waals surface area contributed by atoms with Gasteiger partial charge in [0.15, 0.2) is 0 Å². The molecule has 0 saturated heterocycles. The van der Waals surface area contributed by atoms with Gasteiger partial charge in [-0.1, -0.05) is 61.5 Å². The van der Waals surface area contributed by atoms with Gasteiger partial charge in [0.2, 0.25) is 0 Å². The zero-order valence-electron chi connectivity index (χ0n) is 19.4. The van der Waals surface area contributed by atoms with Crippen molar-refractivity contribution in [2.24, 2.45) is 0 Å². The Labute approximate surface area is 195 Å². The van der Waals surface area contributed by atoms with Crippen LogP contribution in [0.15, 0.2) is 84.9 Å². The van der Waals surface area contributed by atoms with Crippen LogP contribution in [-0.2, 0) is 13.1 Å². The lowest BCUT2D eigenvalue weighted by molar-refractivity contribution is 0.0785. The summed E-state index contributed by atoms with van der Waals surface area (Å²) in [6.07, 6.45) is 0. The minimum absolute atomic E-state index is 0.0288. The fourth-order valence-electron chi connectivity index (χ4n) is 4.06. The summed E-state index contributed by atoms with van der Waals surface area (Å²) in [5.41, 5.74) is 4.92. The van der Waals surface area contributed by atoms with Gasteiger partial charge in [0.25, 0.3) is 5.91 Å². The molecule has 0 spiro atoms. The third-order valence-electron chi connectivity index (χ3n) is 6.09. The molecule has 0 fully saturated rings. The van der Waals surface area contributed by atoms with E-state index in [1.807, 2.05) is 31.3 Å². The van der Waals surface area contributed by atoms with Crippen molar-refractivity contribution in [2.75, 3.05) is 20.6 Å². The van der Waals surface area contributed by atoms with Crippen LogP contribution in [0.2, 0.25) is 0 Å². The topological polar surface area (TPSA) is 23.6 Å². The molecule has 3 nitrogen and oxygen atoms in total. The number of amides is 1. The van der Waals surface area contributed by atoms with Crippen molar-refractivity contribution in [3.05, 3.63) is 107 Å². The Bertz CT molecular complexity index is 1250. The lowest BCUT2D eigenvalue weighted by atomic mass is 10.0. The number of halogens is 1. The molecule has 0 aliphatic carbocycles. The minimum atomic E-state index is -0.259. The summed E-state index contributed by atoms with van der Waals surface area (Å²) in [6.45, 7) is 4.62. The zero-order chi connectivity index (χ0) is 23.4. The van der Waals surface area contributed by atoms with Crippen molar-refractivity contribution < 1.29 is 9.18 Å². The van der Waals surface area contributed by atoms with Crippen LogP contribution in [-0.4, -0.2) is 36.3 Å². The molecule has 33 heavy (non-hydrogen) atoms. The van der Waals surface area contributed by atoms with Gasteiger partial charge >= 0.3 is 0 Å². The molecular weight excluding hydrogens is 411 g/mol. The van der Waals surface area contributed by atoms with E-state index in [1.165, 1.54) is 28.5 Å². The molecule has 4 rings (SSSR count). The van der Waals surface area contributed by atoms with Crippen molar-refractivity contribution in [2.45, 2.75) is 20.0 Å². The average Bonchev–Trinajstić information content (AvgIpc) is 2.84. The Morgan fingerprint density at radius 3 is 2.15 bits per heavy atom. The van der Waals surface area contributed by atoms with E-state index in [0.29, 0.717) is 12.1 Å². The van der Waals surface area contributed by atoms with Crippen molar-refractivity contribution in [1.29, 1.82) is 0 Å². The molecule has 0 saturated carbocycles. The Balaban J connectivity index is 1.49. The van der Waals surface area contributed by atoms with Gasteiger partial charge in [-0.05, 0) is 77.0 Å². The average molecular weight is 441 g/mol. The number of benzene rings is 4. The Morgan fingerprint density at radius 1 is 0.818 bits per heavy atom. The smallest absolute Gasteiger partial charge is 0.253 e. The summed E-state index contributed by atoms with van der Waals surface area (Å²) < 4.78 is 13.2. The first-order valence-corrected chi connectivity index (χ1v) is 11.2. The molecule has 0 aliphatic heterocycles. The molecule has 0 atom stereocenters. The van der Waals surface area contributed by atoms with Crippen LogP contribution in [0.4, 0.5) is 4.39 Å². The van der Waals surface area contributed by atoms with Crippen molar-refractivity contribution >= 4 is 16.7 Å². The van der Waals surface area contributed by atoms with Crippen molar-refractivity contribution in [3.8, 4) is 11.1 Å². The van der Waals surface area contributed by atoms with E-state index >= 15 is 0 Å². The number of carbonyl (C=O) groups is 1.